The van der Waals surface area contributed by atoms with Crippen molar-refractivity contribution in [2.45, 2.75) is 213 Å². The second-order valence-corrected chi connectivity index (χ2v) is 40.2. The first kappa shape index (κ1) is 105. The van der Waals surface area contributed by atoms with Crippen molar-refractivity contribution in [3.63, 3.8) is 0 Å². The van der Waals surface area contributed by atoms with Crippen molar-refractivity contribution in [1.29, 1.82) is 0 Å². The molecule has 0 saturated carbocycles. The van der Waals surface area contributed by atoms with Crippen LogP contribution in [0.5, 0.6) is 46.0 Å². The first-order valence-corrected chi connectivity index (χ1v) is 47.6. The summed E-state index contributed by atoms with van der Waals surface area (Å²) >= 11 is 20.9. The van der Waals surface area contributed by atoms with Gasteiger partial charge in [0.1, 0.15) is 89.5 Å². The number of hydrogen-bond acceptors (Lipinski definition) is 32. The second-order valence-electron chi connectivity index (χ2n) is 35.1. The molecule has 138 heavy (non-hydrogen) atoms. The number of amides is 8. The van der Waals surface area contributed by atoms with Crippen molar-refractivity contribution in [1.82, 2.24) is 47.9 Å². The molecule has 44 nitrogen and oxygen atoms in total. The number of phenolic OH excluding ortho intramolecular Hbond substituents is 3. The van der Waals surface area contributed by atoms with E-state index < -0.39 is 317 Å². The van der Waals surface area contributed by atoms with Crippen LogP contribution in [0, 0.1) is 5.92 Å². The van der Waals surface area contributed by atoms with Gasteiger partial charge in [0.2, 0.25) is 58.9 Å². The van der Waals surface area contributed by atoms with Crippen LogP contribution in [-0.4, -0.2) is 247 Å². The molecule has 0 radical (unpaired) electrons. The second kappa shape index (κ2) is 42.7. The Morgan fingerprint density at radius 3 is 1.80 bits per heavy atom. The number of aromatic hydroxyl groups is 3. The summed E-state index contributed by atoms with van der Waals surface area (Å²) in [4.78, 5) is 176. The van der Waals surface area contributed by atoms with E-state index >= 15 is 28.8 Å². The molecule has 0 aliphatic carbocycles. The zero-order valence-corrected chi connectivity index (χ0v) is 78.5. The van der Waals surface area contributed by atoms with Gasteiger partial charge >= 0.3 is 21.2 Å². The number of aliphatic hydroxyl groups excluding tert-OH is 6. The SMILES string of the molecule is CN[C@H](CC(C)C)C(=O)N[C@H]1C(=O)N[C@@H](CC(N)=O)C(=O)N[C@H]2C(=O)N[C@H]3C(=O)N[C@H](C(=O)N[C@H](C(=O)OCC(=O)NC(P(=O)(O)O)P(=O)(O)O)c4cc(O)cc(O)c4-c4cc3ccc4O)[C@H](O[C@@H]3C[C@](C)(N)[C@@H](O)[C@H](C)O3)c3ccc(c(Cl)c3)Oc3cc2cc(c3O[C@@H]2O[C@H](CO)[C@@H](O)[C@H](O)[C@H]2O[C@@H]2C[C@](C)(NCc3ccc(-c4ccc(Cl)cc4)cc3)[C@@H](O)[C@H](C)O2)Oc2ccc(cc2Cl)[C@H]1O. The Morgan fingerprint density at radius 1 is 0.630 bits per heavy atom. The molecule has 3 fully saturated rings. The van der Waals surface area contributed by atoms with Crippen LogP contribution in [0.25, 0.3) is 22.3 Å². The van der Waals surface area contributed by atoms with E-state index in [0.717, 1.165) is 77.4 Å². The molecule has 0 spiro atoms. The summed E-state index contributed by atoms with van der Waals surface area (Å²) in [5.74, 6) is -19.5. The predicted molar refractivity (Wildman–Crippen MR) is 485 cm³/mol. The number of esters is 1. The lowest BCUT2D eigenvalue weighted by molar-refractivity contribution is -0.334. The first-order valence-electron chi connectivity index (χ1n) is 43.1. The van der Waals surface area contributed by atoms with Crippen molar-refractivity contribution >= 4 is 103 Å². The lowest BCUT2D eigenvalue weighted by Crippen LogP contribution is -2.65. The number of nitrogens with one attached hydrogen (secondary N) is 9. The number of nitrogens with two attached hydrogens (primary N) is 2. The zero-order chi connectivity index (χ0) is 101. The smallest absolute Gasteiger partial charge is 0.360 e. The fourth-order valence-electron chi connectivity index (χ4n) is 16.9. The van der Waals surface area contributed by atoms with Crippen LogP contribution < -0.4 is 73.5 Å². The zero-order valence-electron chi connectivity index (χ0n) is 74.4. The third kappa shape index (κ3) is 23.7. The summed E-state index contributed by atoms with van der Waals surface area (Å²) in [5, 5.41) is 129. The number of ether oxygens (including phenoxy) is 9. The van der Waals surface area contributed by atoms with Gasteiger partial charge in [-0.05, 0) is 153 Å². The number of carbonyl (C=O) groups is 9. The highest BCUT2D eigenvalue weighted by molar-refractivity contribution is 7.70. The third-order valence-corrected chi connectivity index (χ3v) is 28.4. The highest BCUT2D eigenvalue weighted by atomic mass is 35.5. The number of phenols is 3. The number of aliphatic hydroxyl groups is 6. The number of likely N-dealkylation sites (N-methyl/N-ethyl adjacent to an activating group) is 1. The Bertz CT molecular complexity index is 5870. The number of primary amides is 1. The van der Waals surface area contributed by atoms with E-state index in [1.54, 1.807) is 32.9 Å². The van der Waals surface area contributed by atoms with Crippen LogP contribution in [0.3, 0.4) is 0 Å². The van der Waals surface area contributed by atoms with Crippen molar-refractivity contribution in [3.8, 4) is 68.2 Å². The summed E-state index contributed by atoms with van der Waals surface area (Å²) in [6.45, 7) is 7.01. The molecule has 744 valence electrons. The lowest BCUT2D eigenvalue weighted by Gasteiger charge is -2.48. The summed E-state index contributed by atoms with van der Waals surface area (Å²) in [7, 11) is -10.4. The number of carbonyl (C=O) groups excluding carboxylic acids is 9. The van der Waals surface area contributed by atoms with Crippen molar-refractivity contribution < 1.29 is 160 Å². The predicted octanol–water partition coefficient (Wildman–Crippen LogP) is 2.71. The molecule has 8 aliphatic heterocycles. The van der Waals surface area contributed by atoms with Crippen LogP contribution >= 0.6 is 50.0 Å². The van der Waals surface area contributed by atoms with Crippen LogP contribution in [0.2, 0.25) is 15.1 Å². The first-order chi connectivity index (χ1) is 64.9. The van der Waals surface area contributed by atoms with Crippen LogP contribution in [0.15, 0.2) is 127 Å². The molecule has 3 saturated heterocycles. The molecule has 49 heteroatoms. The topological polar surface area (TPSA) is 694 Å². The number of rotatable bonds is 24. The highest BCUT2D eigenvalue weighted by Crippen LogP contribution is 2.59. The van der Waals surface area contributed by atoms with Crippen molar-refractivity contribution in [2.75, 3.05) is 20.3 Å². The lowest BCUT2D eigenvalue weighted by atomic mass is 9.84. The molecule has 8 heterocycles. The maximum absolute atomic E-state index is 16.7. The van der Waals surface area contributed by atoms with Gasteiger partial charge in [0.05, 0.1) is 53.5 Å². The van der Waals surface area contributed by atoms with E-state index in [4.69, 9.17) is 88.9 Å². The monoisotopic (exact) mass is 2020 g/mol. The Labute approximate surface area is 801 Å². The van der Waals surface area contributed by atoms with Gasteiger partial charge in [0.25, 0.3) is 5.91 Å². The van der Waals surface area contributed by atoms with Crippen molar-refractivity contribution in [2.24, 2.45) is 17.4 Å². The molecule has 15 rings (SSSR count). The molecule has 22 atom stereocenters. The van der Waals surface area contributed by atoms with E-state index in [1.165, 1.54) is 45.3 Å². The largest absolute Gasteiger partial charge is 0.508 e. The van der Waals surface area contributed by atoms with E-state index in [-0.39, 0.29) is 36.4 Å². The van der Waals surface area contributed by atoms with Gasteiger partial charge in [-0.15, -0.1) is 0 Å². The average molecular weight is 2020 g/mol. The van der Waals surface area contributed by atoms with Crippen molar-refractivity contribution in [3.05, 3.63) is 176 Å². The number of hydrogen-bond donors (Lipinski definition) is 24. The third-order valence-electron chi connectivity index (χ3n) is 24.2. The van der Waals surface area contributed by atoms with Gasteiger partial charge in [-0.1, -0.05) is 103 Å². The Hall–Kier alpha value is -10.8. The quantitative estimate of drug-likeness (QED) is 0.0305. The van der Waals surface area contributed by atoms with Crippen LogP contribution in [-0.2, 0) is 87.2 Å². The van der Waals surface area contributed by atoms with Gasteiger partial charge < -0.3 is 167 Å². The van der Waals surface area contributed by atoms with Crippen LogP contribution in [0.1, 0.15) is 131 Å². The van der Waals surface area contributed by atoms with E-state index in [1.807, 2.05) is 36.4 Å². The van der Waals surface area contributed by atoms with Gasteiger partial charge in [0, 0.05) is 58.2 Å². The van der Waals surface area contributed by atoms with E-state index in [9.17, 15) is 89.0 Å². The fourth-order valence-corrected chi connectivity index (χ4v) is 19.7. The minimum Gasteiger partial charge on any atom is -0.508 e. The Morgan fingerprint density at radius 2 is 1.21 bits per heavy atom. The number of halogens is 3. The van der Waals surface area contributed by atoms with Crippen LogP contribution in [0.4, 0.5) is 0 Å². The maximum Gasteiger partial charge on any atom is 0.360 e. The summed E-state index contributed by atoms with van der Waals surface area (Å²) < 4.78 is 82.8. The Kier molecular flexibility index (Phi) is 32.3. The fraction of sp³-hybridized carbons (Fsp3) is 0.427. The van der Waals surface area contributed by atoms with Gasteiger partial charge in [-0.25, -0.2) is 4.79 Å². The molecule has 0 unspecified atom stereocenters. The molecule has 26 N–H and O–H groups in total. The van der Waals surface area contributed by atoms with Gasteiger partial charge in [-0.2, -0.15) is 0 Å². The Balaban J connectivity index is 1.02. The molecule has 0 aromatic heterocycles. The summed E-state index contributed by atoms with van der Waals surface area (Å²) in [6, 6.07) is 12.3. The van der Waals surface area contributed by atoms with Gasteiger partial charge in [-0.3, -0.25) is 47.5 Å². The van der Waals surface area contributed by atoms with Gasteiger partial charge in [0.15, 0.2) is 42.8 Å². The highest BCUT2D eigenvalue weighted by Gasteiger charge is 2.54. The minimum absolute atomic E-state index is 0.153. The summed E-state index contributed by atoms with van der Waals surface area (Å²) in [5.41, 5.74) is 5.16. The van der Waals surface area contributed by atoms with E-state index in [0.29, 0.717) is 11.1 Å². The number of fused-ring (bicyclic) bond motifs is 15. The molecule has 8 amide bonds. The maximum atomic E-state index is 16.7. The molecule has 7 aromatic carbocycles. The molecule has 8 aliphatic rings. The summed E-state index contributed by atoms with van der Waals surface area (Å²) in [6.07, 6.45) is -24.3. The standard InChI is InChI=1S/C89H104Cl3N11O33P2/c1-36(2)22-52(95-7)79(115)102-69-71(110)43-15-20-56(50(91)24-43)131-58-26-45-27-59(75(58)136-86-76(73(112)72(111)60(34-104)133-86)135-64-32-89(6,78(114)38(4)130-64)96-33-39-8-10-40(11-9-39)41-12-17-46(90)18-13-41)132-57-21-16-44(25-51(57)92)74(134-63-31-88(5,94)77(113)37(3)129-63)70-84(120)101-68(85(121)128-35-62(109)98-87(137(122,123)124)138(125,126)127)49-28-47(105)29-55(107)65(49)48-23-42(14-19-54(48)106)66(81(117)103-70)100-82(118)67(45)99-80(116)53(30-61(93)108)97-83(69)119/h8-21,23-29,36-38,52-53,60,63-64,66-74,76-78,86-87,95-96,104-107,110-114H,22,30-35,94H2,1-7H3,(H2,93,108)(H,97,119)(H,98,109)(H,99,116)(H,100,118)(H,101,120)(H,102,115)(H,103,117)(H2,122,123,124)(H2,125,126,127)/t37-,38-,52+,53-,60+,63+,64+,66+,67+,68-,69+,70-,71+,72+,73-,74+,76+,77-,78-,86-,88-,89-/m0/s1. The van der Waals surface area contributed by atoms with E-state index in [2.05, 4.69) is 42.5 Å². The molecular weight excluding hydrogens is 1920 g/mol. The normalized spacial score (nSPS) is 28.3. The average Bonchev–Trinajstić information content (AvgIpc) is 0.760. The molecule has 7 aromatic rings. The number of benzene rings is 7. The molecule has 11 bridgehead atoms. The minimum atomic E-state index is -5.94. The molecular formula is C89H104Cl3N11O33P2.